The number of aromatic nitrogens is 2. The summed E-state index contributed by atoms with van der Waals surface area (Å²) in [5, 5.41) is 3.31. The van der Waals surface area contributed by atoms with Crippen molar-refractivity contribution in [3.63, 3.8) is 0 Å². The van der Waals surface area contributed by atoms with Gasteiger partial charge in [0.05, 0.1) is 6.33 Å². The van der Waals surface area contributed by atoms with Gasteiger partial charge < -0.3 is 14.6 Å². The van der Waals surface area contributed by atoms with Gasteiger partial charge in [-0.05, 0) is 42.0 Å². The van der Waals surface area contributed by atoms with Gasteiger partial charge in [0.1, 0.15) is 11.5 Å². The number of nitrogens with zero attached hydrogens (tertiary/aromatic N) is 2. The van der Waals surface area contributed by atoms with Crippen LogP contribution in [0.2, 0.25) is 0 Å². The molecule has 0 saturated heterocycles. The molecule has 36 heavy (non-hydrogen) atoms. The van der Waals surface area contributed by atoms with Gasteiger partial charge >= 0.3 is 0 Å². The molecule has 2 heterocycles. The SMILES string of the molecule is CC(C)c1cccc(CCCn2ccnc2)c1NC(=O)CC1c2ccccc2Oc2ccccc21.Cl. The summed E-state index contributed by atoms with van der Waals surface area (Å²) in [4.78, 5) is 17.7. The fourth-order valence-electron chi connectivity index (χ4n) is 4.94. The summed E-state index contributed by atoms with van der Waals surface area (Å²) in [5.74, 6) is 1.93. The highest BCUT2D eigenvalue weighted by Crippen LogP contribution is 2.45. The van der Waals surface area contributed by atoms with Crippen molar-refractivity contribution in [3.8, 4) is 11.5 Å². The number of carbonyl (C=O) groups is 1. The van der Waals surface area contributed by atoms with Gasteiger partial charge in [0, 0.05) is 48.1 Å². The third-order valence-corrected chi connectivity index (χ3v) is 6.69. The predicted molar refractivity (Wildman–Crippen MR) is 146 cm³/mol. The van der Waals surface area contributed by atoms with Crippen molar-refractivity contribution in [1.82, 2.24) is 9.55 Å². The quantitative estimate of drug-likeness (QED) is 0.275. The third-order valence-electron chi connectivity index (χ3n) is 6.69. The lowest BCUT2D eigenvalue weighted by Gasteiger charge is -2.28. The molecule has 5 rings (SSSR count). The Labute approximate surface area is 218 Å². The lowest BCUT2D eigenvalue weighted by Crippen LogP contribution is -2.20. The number of para-hydroxylation sites is 3. The first-order valence-corrected chi connectivity index (χ1v) is 12.3. The van der Waals surface area contributed by atoms with Crippen molar-refractivity contribution in [2.45, 2.75) is 51.5 Å². The van der Waals surface area contributed by atoms with E-state index in [2.05, 4.69) is 59.0 Å². The maximum atomic E-state index is 13.5. The lowest BCUT2D eigenvalue weighted by molar-refractivity contribution is -0.116. The van der Waals surface area contributed by atoms with Crippen molar-refractivity contribution in [3.05, 3.63) is 108 Å². The largest absolute Gasteiger partial charge is 0.457 e. The summed E-state index contributed by atoms with van der Waals surface area (Å²) in [6, 6.07) is 22.4. The van der Waals surface area contributed by atoms with Gasteiger partial charge in [0.25, 0.3) is 0 Å². The number of hydrogen-bond acceptors (Lipinski definition) is 3. The summed E-state index contributed by atoms with van der Waals surface area (Å²) in [6.45, 7) is 5.24. The van der Waals surface area contributed by atoms with E-state index in [0.717, 1.165) is 47.7 Å². The standard InChI is InChI=1S/C30H31N3O2.ClH/c1-21(2)23-13-7-9-22(10-8-17-33-18-16-31-20-33)30(23)32-29(34)19-26-24-11-3-5-14-27(24)35-28-15-6-4-12-25(26)28;/h3-7,9,11-16,18,20-21,26H,8,10,17,19H2,1-2H3,(H,32,34);1H. The fourth-order valence-corrected chi connectivity index (χ4v) is 4.94. The number of nitrogens with one attached hydrogen (secondary N) is 1. The number of benzene rings is 3. The van der Waals surface area contributed by atoms with Crippen LogP contribution in [0.25, 0.3) is 0 Å². The molecule has 0 spiro atoms. The van der Waals surface area contributed by atoms with Crippen LogP contribution in [0.4, 0.5) is 5.69 Å². The smallest absolute Gasteiger partial charge is 0.225 e. The van der Waals surface area contributed by atoms with Crippen LogP contribution < -0.4 is 10.1 Å². The number of amides is 1. The lowest BCUT2D eigenvalue weighted by atomic mass is 9.85. The van der Waals surface area contributed by atoms with Crippen LogP contribution in [0.5, 0.6) is 11.5 Å². The molecule has 0 saturated carbocycles. The predicted octanol–water partition coefficient (Wildman–Crippen LogP) is 7.33. The molecule has 4 aromatic rings. The maximum absolute atomic E-state index is 13.5. The van der Waals surface area contributed by atoms with E-state index in [1.807, 2.05) is 48.9 Å². The number of rotatable bonds is 8. The summed E-state index contributed by atoms with van der Waals surface area (Å²) in [6.07, 6.45) is 7.85. The molecule has 0 aliphatic carbocycles. The summed E-state index contributed by atoms with van der Waals surface area (Å²) in [7, 11) is 0. The van der Waals surface area contributed by atoms with E-state index >= 15 is 0 Å². The zero-order chi connectivity index (χ0) is 24.2. The minimum absolute atomic E-state index is 0. The minimum Gasteiger partial charge on any atom is -0.457 e. The number of ether oxygens (including phenoxy) is 1. The average molecular weight is 502 g/mol. The van der Waals surface area contributed by atoms with Crippen LogP contribution in [-0.2, 0) is 17.8 Å². The van der Waals surface area contributed by atoms with Gasteiger partial charge in [-0.1, -0.05) is 68.4 Å². The summed E-state index contributed by atoms with van der Waals surface area (Å²) < 4.78 is 8.20. The highest BCUT2D eigenvalue weighted by atomic mass is 35.5. The molecular weight excluding hydrogens is 470 g/mol. The Morgan fingerprint density at radius 1 is 1.00 bits per heavy atom. The first-order valence-electron chi connectivity index (χ1n) is 12.3. The number of imidazole rings is 1. The number of carbonyl (C=O) groups excluding carboxylic acids is 1. The highest BCUT2D eigenvalue weighted by molar-refractivity contribution is 5.93. The van der Waals surface area contributed by atoms with E-state index in [1.54, 1.807) is 6.20 Å². The molecule has 1 aromatic heterocycles. The Balaban J connectivity index is 0.00000304. The van der Waals surface area contributed by atoms with Gasteiger partial charge in [-0.15, -0.1) is 12.4 Å². The van der Waals surface area contributed by atoms with Gasteiger partial charge in [-0.2, -0.15) is 0 Å². The van der Waals surface area contributed by atoms with E-state index in [0.29, 0.717) is 12.3 Å². The molecule has 0 atom stereocenters. The van der Waals surface area contributed by atoms with E-state index in [-0.39, 0.29) is 24.2 Å². The normalized spacial score (nSPS) is 12.3. The molecule has 186 valence electrons. The van der Waals surface area contributed by atoms with E-state index in [4.69, 9.17) is 4.74 Å². The number of aryl methyl sites for hydroxylation is 2. The molecule has 0 radical (unpaired) electrons. The first-order chi connectivity index (χ1) is 17.1. The monoisotopic (exact) mass is 501 g/mol. The molecule has 1 aliphatic heterocycles. The first kappa shape index (κ1) is 25.5. The van der Waals surface area contributed by atoms with E-state index in [1.165, 1.54) is 11.1 Å². The van der Waals surface area contributed by atoms with Crippen LogP contribution in [-0.4, -0.2) is 15.5 Å². The Hall–Kier alpha value is -3.57. The Kier molecular flexibility index (Phi) is 8.11. The van der Waals surface area contributed by atoms with E-state index in [9.17, 15) is 4.79 Å². The number of anilines is 1. The van der Waals surface area contributed by atoms with Gasteiger partial charge in [0.15, 0.2) is 0 Å². The number of hydrogen-bond donors (Lipinski definition) is 1. The molecule has 0 unspecified atom stereocenters. The topological polar surface area (TPSA) is 56.2 Å². The Morgan fingerprint density at radius 3 is 2.33 bits per heavy atom. The van der Waals surface area contributed by atoms with Crippen molar-refractivity contribution in [2.75, 3.05) is 5.32 Å². The maximum Gasteiger partial charge on any atom is 0.225 e. The Bertz CT molecular complexity index is 1270. The van der Waals surface area contributed by atoms with Crippen LogP contribution in [0.3, 0.4) is 0 Å². The van der Waals surface area contributed by atoms with Gasteiger partial charge in [-0.25, -0.2) is 4.98 Å². The van der Waals surface area contributed by atoms with Gasteiger partial charge in [-0.3, -0.25) is 4.79 Å². The second-order valence-electron chi connectivity index (χ2n) is 9.42. The summed E-state index contributed by atoms with van der Waals surface area (Å²) in [5.41, 5.74) is 5.42. The molecule has 3 aromatic carbocycles. The zero-order valence-corrected chi connectivity index (χ0v) is 21.5. The van der Waals surface area contributed by atoms with Crippen molar-refractivity contribution in [2.24, 2.45) is 0 Å². The molecule has 1 aliphatic rings. The minimum atomic E-state index is -0.0490. The van der Waals surface area contributed by atoms with Crippen LogP contribution >= 0.6 is 12.4 Å². The molecule has 0 fully saturated rings. The second kappa shape index (κ2) is 11.4. The Morgan fingerprint density at radius 2 is 1.69 bits per heavy atom. The van der Waals surface area contributed by atoms with Crippen molar-refractivity contribution >= 4 is 24.0 Å². The highest BCUT2D eigenvalue weighted by Gasteiger charge is 2.29. The van der Waals surface area contributed by atoms with Crippen LogP contribution in [0, 0.1) is 0 Å². The summed E-state index contributed by atoms with van der Waals surface area (Å²) >= 11 is 0. The molecule has 0 bridgehead atoms. The van der Waals surface area contributed by atoms with Crippen LogP contribution in [0.1, 0.15) is 60.8 Å². The molecule has 1 N–H and O–H groups in total. The van der Waals surface area contributed by atoms with Gasteiger partial charge in [0.2, 0.25) is 5.91 Å². The second-order valence-corrected chi connectivity index (χ2v) is 9.42. The number of fused-ring (bicyclic) bond motifs is 2. The molecule has 1 amide bonds. The van der Waals surface area contributed by atoms with Crippen molar-refractivity contribution < 1.29 is 9.53 Å². The zero-order valence-electron chi connectivity index (χ0n) is 20.7. The average Bonchev–Trinajstić information content (AvgIpc) is 3.38. The number of halogens is 1. The molecule has 6 heteroatoms. The van der Waals surface area contributed by atoms with Crippen LogP contribution in [0.15, 0.2) is 85.5 Å². The molecule has 5 nitrogen and oxygen atoms in total. The molecular formula is C30H32ClN3O2. The van der Waals surface area contributed by atoms with E-state index < -0.39 is 0 Å². The fraction of sp³-hybridized carbons (Fsp3) is 0.267. The third kappa shape index (κ3) is 5.47. The van der Waals surface area contributed by atoms with Crippen molar-refractivity contribution in [1.29, 1.82) is 0 Å².